The van der Waals surface area contributed by atoms with Gasteiger partial charge in [-0.3, -0.25) is 0 Å². The fraction of sp³-hybridized carbons (Fsp3) is 0.125. The molecule has 2 N–H and O–H groups in total. The van der Waals surface area contributed by atoms with Crippen LogP contribution in [-0.4, -0.2) is 16.1 Å². The van der Waals surface area contributed by atoms with Gasteiger partial charge in [0, 0.05) is 23.0 Å². The second-order valence-electron chi connectivity index (χ2n) is 7.17. The van der Waals surface area contributed by atoms with E-state index in [1.807, 2.05) is 18.2 Å². The number of ether oxygens (including phenoxy) is 1. The van der Waals surface area contributed by atoms with E-state index in [2.05, 4.69) is 4.98 Å². The van der Waals surface area contributed by atoms with Crippen LogP contribution in [0.2, 0.25) is 0 Å². The number of carbonyl (C=O) groups is 1. The maximum absolute atomic E-state index is 12.7. The molecular formula is C24H18F3NO3. The van der Waals surface area contributed by atoms with Gasteiger partial charge in [0.25, 0.3) is 0 Å². The number of alkyl halides is 3. The van der Waals surface area contributed by atoms with Crippen molar-refractivity contribution in [3.63, 3.8) is 0 Å². The van der Waals surface area contributed by atoms with E-state index in [1.165, 1.54) is 12.1 Å². The second-order valence-corrected chi connectivity index (χ2v) is 7.17. The summed E-state index contributed by atoms with van der Waals surface area (Å²) in [6.45, 7) is 0.146. The molecule has 0 aliphatic rings. The summed E-state index contributed by atoms with van der Waals surface area (Å²) < 4.78 is 43.7. The average Bonchev–Trinajstić information content (AvgIpc) is 3.13. The fourth-order valence-electron chi connectivity index (χ4n) is 3.40. The number of hydrogen-bond acceptors (Lipinski definition) is 2. The zero-order valence-corrected chi connectivity index (χ0v) is 16.2. The van der Waals surface area contributed by atoms with Crippen LogP contribution < -0.4 is 4.74 Å². The third-order valence-corrected chi connectivity index (χ3v) is 4.96. The van der Waals surface area contributed by atoms with Gasteiger partial charge in [0.15, 0.2) is 0 Å². The summed E-state index contributed by atoms with van der Waals surface area (Å²) in [5.74, 6) is -0.380. The lowest BCUT2D eigenvalue weighted by atomic mass is 10.0. The summed E-state index contributed by atoms with van der Waals surface area (Å²) in [4.78, 5) is 14.7. The molecule has 4 rings (SSSR count). The van der Waals surface area contributed by atoms with Crippen LogP contribution in [0.25, 0.3) is 10.9 Å². The van der Waals surface area contributed by atoms with Crippen LogP contribution in [0.1, 0.15) is 32.7 Å². The molecule has 4 nitrogen and oxygen atoms in total. The SMILES string of the molecule is O=C(O)c1ccccc1Cc1cc2cc(OCc3ccc(C(F)(F)F)cc3)ccc2[nH]1. The van der Waals surface area contributed by atoms with Gasteiger partial charge in [0.1, 0.15) is 12.4 Å². The quantitative estimate of drug-likeness (QED) is 0.395. The lowest BCUT2D eigenvalue weighted by Crippen LogP contribution is -2.05. The smallest absolute Gasteiger partial charge is 0.416 e. The number of fused-ring (bicyclic) bond motifs is 1. The molecule has 0 saturated heterocycles. The lowest BCUT2D eigenvalue weighted by Gasteiger charge is -2.09. The maximum Gasteiger partial charge on any atom is 0.416 e. The normalized spacial score (nSPS) is 11.6. The van der Waals surface area contributed by atoms with Gasteiger partial charge in [-0.2, -0.15) is 13.2 Å². The number of nitrogens with one attached hydrogen (secondary N) is 1. The number of H-pyrrole nitrogens is 1. The Hall–Kier alpha value is -3.74. The highest BCUT2D eigenvalue weighted by Gasteiger charge is 2.29. The number of rotatable bonds is 6. The van der Waals surface area contributed by atoms with Gasteiger partial charge in [0.2, 0.25) is 0 Å². The summed E-state index contributed by atoms with van der Waals surface area (Å²) in [7, 11) is 0. The van der Waals surface area contributed by atoms with Crippen molar-refractivity contribution in [2.45, 2.75) is 19.2 Å². The number of benzene rings is 3. The van der Waals surface area contributed by atoms with Crippen LogP contribution in [-0.2, 0) is 19.2 Å². The summed E-state index contributed by atoms with van der Waals surface area (Å²) in [6, 6.07) is 19.1. The minimum Gasteiger partial charge on any atom is -0.489 e. The first kappa shape index (κ1) is 20.5. The van der Waals surface area contributed by atoms with Gasteiger partial charge in [-0.15, -0.1) is 0 Å². The standard InChI is InChI=1S/C24H18F3NO3/c25-24(26,27)18-7-5-15(6-8-18)14-31-20-9-10-22-17(13-20)12-19(28-22)11-16-3-1-2-4-21(16)23(29)30/h1-10,12-13,28H,11,14H2,(H,29,30). The van der Waals surface area contributed by atoms with Crippen molar-refractivity contribution in [1.82, 2.24) is 4.98 Å². The van der Waals surface area contributed by atoms with Crippen molar-refractivity contribution < 1.29 is 27.8 Å². The summed E-state index contributed by atoms with van der Waals surface area (Å²) in [6.07, 6.45) is -3.92. The van der Waals surface area contributed by atoms with Crippen LogP contribution in [0, 0.1) is 0 Å². The van der Waals surface area contributed by atoms with E-state index in [-0.39, 0.29) is 12.2 Å². The third-order valence-electron chi connectivity index (χ3n) is 4.96. The van der Waals surface area contributed by atoms with E-state index in [4.69, 9.17) is 4.74 Å². The molecule has 1 aromatic heterocycles. The minimum atomic E-state index is -4.36. The molecule has 0 amide bonds. The van der Waals surface area contributed by atoms with Gasteiger partial charge in [-0.25, -0.2) is 4.79 Å². The Bertz CT molecular complexity index is 1230. The van der Waals surface area contributed by atoms with Crippen molar-refractivity contribution in [2.24, 2.45) is 0 Å². The lowest BCUT2D eigenvalue weighted by molar-refractivity contribution is -0.137. The molecule has 3 aromatic carbocycles. The number of aromatic carboxylic acids is 1. The van der Waals surface area contributed by atoms with Gasteiger partial charge in [0.05, 0.1) is 11.1 Å². The highest BCUT2D eigenvalue weighted by Crippen LogP contribution is 2.29. The van der Waals surface area contributed by atoms with Gasteiger partial charge >= 0.3 is 12.1 Å². The van der Waals surface area contributed by atoms with Crippen molar-refractivity contribution >= 4 is 16.9 Å². The summed E-state index contributed by atoms with van der Waals surface area (Å²) in [5.41, 5.74) is 2.66. The molecule has 0 saturated carbocycles. The third kappa shape index (κ3) is 4.71. The van der Waals surface area contributed by atoms with Gasteiger partial charge < -0.3 is 14.8 Å². The zero-order valence-electron chi connectivity index (χ0n) is 16.2. The molecule has 4 aromatic rings. The molecule has 0 unspecified atom stereocenters. The van der Waals surface area contributed by atoms with E-state index in [0.717, 1.165) is 28.7 Å². The molecule has 0 bridgehead atoms. The van der Waals surface area contributed by atoms with E-state index in [9.17, 15) is 23.1 Å². The Labute approximate surface area is 175 Å². The highest BCUT2D eigenvalue weighted by molar-refractivity contribution is 5.89. The summed E-state index contributed by atoms with van der Waals surface area (Å²) in [5, 5.41) is 10.2. The van der Waals surface area contributed by atoms with E-state index in [1.54, 1.807) is 30.3 Å². The van der Waals surface area contributed by atoms with Crippen LogP contribution in [0.15, 0.2) is 72.8 Å². The predicted octanol–water partition coefficient (Wildman–Crippen LogP) is 6.05. The number of aromatic amines is 1. The molecule has 0 atom stereocenters. The molecule has 0 radical (unpaired) electrons. The molecule has 0 spiro atoms. The van der Waals surface area contributed by atoms with E-state index in [0.29, 0.717) is 23.3 Å². The van der Waals surface area contributed by atoms with E-state index >= 15 is 0 Å². The first-order chi connectivity index (χ1) is 14.8. The fourth-order valence-corrected chi connectivity index (χ4v) is 3.40. The average molecular weight is 425 g/mol. The molecular weight excluding hydrogens is 407 g/mol. The molecule has 0 aliphatic carbocycles. The molecule has 31 heavy (non-hydrogen) atoms. The van der Waals surface area contributed by atoms with Gasteiger partial charge in [-0.05, 0) is 53.6 Å². The molecule has 0 fully saturated rings. The molecule has 7 heteroatoms. The largest absolute Gasteiger partial charge is 0.489 e. The van der Waals surface area contributed by atoms with Crippen LogP contribution >= 0.6 is 0 Å². The minimum absolute atomic E-state index is 0.146. The molecule has 0 aliphatic heterocycles. The van der Waals surface area contributed by atoms with Crippen LogP contribution in [0.4, 0.5) is 13.2 Å². The molecule has 158 valence electrons. The number of carboxylic acid groups (broad SMARTS) is 1. The number of carboxylic acids is 1. The summed E-state index contributed by atoms with van der Waals surface area (Å²) >= 11 is 0. The second kappa shape index (κ2) is 8.18. The monoisotopic (exact) mass is 425 g/mol. The van der Waals surface area contributed by atoms with Crippen molar-refractivity contribution in [2.75, 3.05) is 0 Å². The topological polar surface area (TPSA) is 62.3 Å². The van der Waals surface area contributed by atoms with Crippen molar-refractivity contribution in [1.29, 1.82) is 0 Å². The van der Waals surface area contributed by atoms with Crippen molar-refractivity contribution in [3.8, 4) is 5.75 Å². The van der Waals surface area contributed by atoms with Crippen molar-refractivity contribution in [3.05, 3.63) is 101 Å². The number of halogens is 3. The van der Waals surface area contributed by atoms with Crippen LogP contribution in [0.5, 0.6) is 5.75 Å². The predicted molar refractivity (Wildman–Crippen MR) is 110 cm³/mol. The Kier molecular flexibility index (Phi) is 5.42. The Morgan fingerprint density at radius 3 is 2.42 bits per heavy atom. The van der Waals surface area contributed by atoms with Crippen LogP contribution in [0.3, 0.4) is 0 Å². The maximum atomic E-state index is 12.7. The van der Waals surface area contributed by atoms with E-state index < -0.39 is 17.7 Å². The Morgan fingerprint density at radius 1 is 0.968 bits per heavy atom. The molecule has 1 heterocycles. The first-order valence-electron chi connectivity index (χ1n) is 9.51. The number of hydrogen-bond donors (Lipinski definition) is 2. The zero-order chi connectivity index (χ0) is 22.0. The highest BCUT2D eigenvalue weighted by atomic mass is 19.4. The Morgan fingerprint density at radius 2 is 1.71 bits per heavy atom. The number of aromatic nitrogens is 1. The first-order valence-corrected chi connectivity index (χ1v) is 9.51. The Balaban J connectivity index is 1.47. The van der Waals surface area contributed by atoms with Gasteiger partial charge in [-0.1, -0.05) is 30.3 Å².